The molecule has 1 unspecified atom stereocenters. The highest BCUT2D eigenvalue weighted by molar-refractivity contribution is 5.91. The predicted octanol–water partition coefficient (Wildman–Crippen LogP) is 2.46. The number of carbonyl (C=O) groups is 3. The van der Waals surface area contributed by atoms with E-state index in [0.717, 1.165) is 31.2 Å². The monoisotopic (exact) mass is 374 g/mol. The van der Waals surface area contributed by atoms with E-state index in [9.17, 15) is 14.4 Å². The second-order valence-electron chi connectivity index (χ2n) is 6.86. The lowest BCUT2D eigenvalue weighted by atomic mass is 10.1. The molecule has 6 heteroatoms. The summed E-state index contributed by atoms with van der Waals surface area (Å²) in [5, 5.41) is 2.74. The van der Waals surface area contributed by atoms with Crippen LogP contribution in [0.15, 0.2) is 30.3 Å². The van der Waals surface area contributed by atoms with Crippen LogP contribution in [0, 0.1) is 0 Å². The number of carbonyl (C=O) groups excluding carboxylic acids is 3. The highest BCUT2D eigenvalue weighted by Crippen LogP contribution is 2.14. The van der Waals surface area contributed by atoms with Gasteiger partial charge in [0.2, 0.25) is 11.8 Å². The first-order valence-electron chi connectivity index (χ1n) is 9.88. The summed E-state index contributed by atoms with van der Waals surface area (Å²) in [6, 6.07) is 9.00. The van der Waals surface area contributed by atoms with Crippen molar-refractivity contribution in [2.24, 2.45) is 0 Å². The van der Waals surface area contributed by atoms with Crippen LogP contribution in [0.2, 0.25) is 0 Å². The number of hydrogen-bond donors (Lipinski definition) is 1. The zero-order chi connectivity index (χ0) is 19.5. The van der Waals surface area contributed by atoms with Crippen LogP contribution >= 0.6 is 0 Å². The highest BCUT2D eigenvalue weighted by atomic mass is 16.5. The standard InChI is InChI=1S/C21H30N2O4/c1-2-3-4-8-11-19(24)23-14-13-22-21(26)18(23)16-20(25)27-15-12-17-9-6-5-7-10-17/h5-7,9-10,18H,2-4,8,11-16H2,1H3,(H,22,26). The molecule has 1 fully saturated rings. The van der Waals surface area contributed by atoms with Crippen LogP contribution in [0.5, 0.6) is 0 Å². The lowest BCUT2D eigenvalue weighted by Gasteiger charge is -2.34. The van der Waals surface area contributed by atoms with E-state index in [2.05, 4.69) is 12.2 Å². The van der Waals surface area contributed by atoms with Gasteiger partial charge in [0, 0.05) is 25.9 Å². The van der Waals surface area contributed by atoms with Crippen LogP contribution in [0.25, 0.3) is 0 Å². The number of ether oxygens (including phenoxy) is 1. The summed E-state index contributed by atoms with van der Waals surface area (Å²) in [4.78, 5) is 38.4. The minimum Gasteiger partial charge on any atom is -0.465 e. The van der Waals surface area contributed by atoms with Gasteiger partial charge >= 0.3 is 5.97 Å². The van der Waals surface area contributed by atoms with Crippen LogP contribution in [-0.2, 0) is 25.5 Å². The number of nitrogens with zero attached hydrogens (tertiary/aromatic N) is 1. The highest BCUT2D eigenvalue weighted by Gasteiger charge is 2.34. The molecule has 1 saturated heterocycles. The first kappa shape index (κ1) is 20.9. The number of benzene rings is 1. The Labute approximate surface area is 161 Å². The normalized spacial score (nSPS) is 16.7. The largest absolute Gasteiger partial charge is 0.465 e. The molecule has 0 aliphatic carbocycles. The second kappa shape index (κ2) is 11.4. The lowest BCUT2D eigenvalue weighted by molar-refractivity contribution is -0.151. The van der Waals surface area contributed by atoms with Crippen LogP contribution in [0.4, 0.5) is 0 Å². The number of hydrogen-bond acceptors (Lipinski definition) is 4. The van der Waals surface area contributed by atoms with Crippen molar-refractivity contribution >= 4 is 17.8 Å². The Bertz CT molecular complexity index is 618. The van der Waals surface area contributed by atoms with Crippen molar-refractivity contribution in [2.45, 2.75) is 57.9 Å². The number of unbranched alkanes of at least 4 members (excludes halogenated alkanes) is 3. The topological polar surface area (TPSA) is 75.7 Å². The summed E-state index contributed by atoms with van der Waals surface area (Å²) >= 11 is 0. The van der Waals surface area contributed by atoms with Crippen LogP contribution < -0.4 is 5.32 Å². The van der Waals surface area contributed by atoms with Crippen molar-refractivity contribution in [2.75, 3.05) is 19.7 Å². The van der Waals surface area contributed by atoms with Gasteiger partial charge in [-0.05, 0) is 12.0 Å². The van der Waals surface area contributed by atoms with E-state index in [0.29, 0.717) is 25.9 Å². The molecule has 0 saturated carbocycles. The summed E-state index contributed by atoms with van der Waals surface area (Å²) in [6.07, 6.45) is 4.99. The molecule has 1 aliphatic rings. The van der Waals surface area contributed by atoms with Gasteiger partial charge in [-0.2, -0.15) is 0 Å². The molecule has 0 aromatic heterocycles. The van der Waals surface area contributed by atoms with Gasteiger partial charge in [-0.3, -0.25) is 14.4 Å². The average Bonchev–Trinajstić information content (AvgIpc) is 2.67. The molecule has 0 spiro atoms. The van der Waals surface area contributed by atoms with Crippen LogP contribution in [0.1, 0.15) is 51.0 Å². The molecule has 148 valence electrons. The van der Waals surface area contributed by atoms with E-state index in [1.807, 2.05) is 30.3 Å². The van der Waals surface area contributed by atoms with Gasteiger partial charge in [0.15, 0.2) is 0 Å². The van der Waals surface area contributed by atoms with Gasteiger partial charge in [-0.1, -0.05) is 56.5 Å². The van der Waals surface area contributed by atoms with Crippen molar-refractivity contribution in [1.82, 2.24) is 10.2 Å². The van der Waals surface area contributed by atoms with Crippen molar-refractivity contribution in [3.05, 3.63) is 35.9 Å². The Morgan fingerprint density at radius 3 is 2.70 bits per heavy atom. The summed E-state index contributed by atoms with van der Waals surface area (Å²) in [6.45, 7) is 3.26. The maximum absolute atomic E-state index is 12.5. The fraction of sp³-hybridized carbons (Fsp3) is 0.571. The zero-order valence-corrected chi connectivity index (χ0v) is 16.1. The van der Waals surface area contributed by atoms with Crippen LogP contribution in [0.3, 0.4) is 0 Å². The quantitative estimate of drug-likeness (QED) is 0.504. The number of piperazine rings is 1. The molecule has 1 atom stereocenters. The van der Waals surface area contributed by atoms with E-state index >= 15 is 0 Å². The Hall–Kier alpha value is -2.37. The fourth-order valence-electron chi connectivity index (χ4n) is 3.21. The molecular formula is C21H30N2O4. The fourth-order valence-corrected chi connectivity index (χ4v) is 3.21. The van der Waals surface area contributed by atoms with E-state index in [1.54, 1.807) is 4.90 Å². The van der Waals surface area contributed by atoms with E-state index in [-0.39, 0.29) is 24.8 Å². The molecule has 1 aromatic carbocycles. The van der Waals surface area contributed by atoms with E-state index in [1.165, 1.54) is 0 Å². The van der Waals surface area contributed by atoms with E-state index in [4.69, 9.17) is 4.74 Å². The third-order valence-electron chi connectivity index (χ3n) is 4.75. The van der Waals surface area contributed by atoms with Gasteiger partial charge in [-0.15, -0.1) is 0 Å². The molecule has 1 heterocycles. The van der Waals surface area contributed by atoms with Gasteiger partial charge in [0.05, 0.1) is 13.0 Å². The lowest BCUT2D eigenvalue weighted by Crippen LogP contribution is -2.57. The van der Waals surface area contributed by atoms with Crippen molar-refractivity contribution in [3.63, 3.8) is 0 Å². The molecule has 1 aliphatic heterocycles. The maximum atomic E-state index is 12.5. The van der Waals surface area contributed by atoms with Crippen LogP contribution in [-0.4, -0.2) is 48.4 Å². The smallest absolute Gasteiger partial charge is 0.308 e. The van der Waals surface area contributed by atoms with Crippen molar-refractivity contribution in [1.29, 1.82) is 0 Å². The molecule has 1 aromatic rings. The summed E-state index contributed by atoms with van der Waals surface area (Å²) in [7, 11) is 0. The minimum atomic E-state index is -0.762. The molecule has 2 rings (SSSR count). The molecule has 0 radical (unpaired) electrons. The van der Waals surface area contributed by atoms with Crippen molar-refractivity contribution in [3.8, 4) is 0 Å². The summed E-state index contributed by atoms with van der Waals surface area (Å²) in [5.41, 5.74) is 1.09. The average molecular weight is 374 g/mol. The summed E-state index contributed by atoms with van der Waals surface area (Å²) in [5.74, 6) is -0.775. The SMILES string of the molecule is CCCCCCC(=O)N1CCNC(=O)C1CC(=O)OCCc1ccccc1. The first-order valence-corrected chi connectivity index (χ1v) is 9.88. The predicted molar refractivity (Wildman–Crippen MR) is 103 cm³/mol. The minimum absolute atomic E-state index is 0.0527. The van der Waals surface area contributed by atoms with Gasteiger partial charge in [-0.25, -0.2) is 0 Å². The Morgan fingerprint density at radius 1 is 1.19 bits per heavy atom. The number of nitrogens with one attached hydrogen (secondary N) is 1. The van der Waals surface area contributed by atoms with Gasteiger partial charge in [0.1, 0.15) is 6.04 Å². The van der Waals surface area contributed by atoms with E-state index < -0.39 is 12.0 Å². The molecule has 1 N–H and O–H groups in total. The third-order valence-corrected chi connectivity index (χ3v) is 4.75. The Morgan fingerprint density at radius 2 is 1.96 bits per heavy atom. The van der Waals surface area contributed by atoms with Gasteiger partial charge < -0.3 is 15.0 Å². The Kier molecular flexibility index (Phi) is 8.81. The molecule has 0 bridgehead atoms. The first-order chi connectivity index (χ1) is 13.1. The second-order valence-corrected chi connectivity index (χ2v) is 6.86. The maximum Gasteiger partial charge on any atom is 0.308 e. The Balaban J connectivity index is 1.81. The molecular weight excluding hydrogens is 344 g/mol. The zero-order valence-electron chi connectivity index (χ0n) is 16.1. The third kappa shape index (κ3) is 7.04. The molecule has 6 nitrogen and oxygen atoms in total. The van der Waals surface area contributed by atoms with Crippen molar-refractivity contribution < 1.29 is 19.1 Å². The number of rotatable bonds is 10. The molecule has 27 heavy (non-hydrogen) atoms. The van der Waals surface area contributed by atoms with Gasteiger partial charge in [0.25, 0.3) is 0 Å². The number of amides is 2. The summed E-state index contributed by atoms with van der Waals surface area (Å²) < 4.78 is 5.28. The number of esters is 1. The molecule has 2 amide bonds.